The van der Waals surface area contributed by atoms with Crippen molar-refractivity contribution in [3.05, 3.63) is 107 Å². The Hall–Kier alpha value is -6.95. The number of ether oxygens (including phenoxy) is 2. The topological polar surface area (TPSA) is 213 Å². The summed E-state index contributed by atoms with van der Waals surface area (Å²) in [4.78, 5) is 44.2. The Morgan fingerprint density at radius 3 is 1.92 bits per heavy atom. The molecule has 0 saturated carbocycles. The molecule has 25 heteroatoms. The Balaban J connectivity index is 0.000000167. The number of urea groups is 1. The van der Waals surface area contributed by atoms with Crippen molar-refractivity contribution in [2.75, 3.05) is 83.7 Å². The van der Waals surface area contributed by atoms with Gasteiger partial charge in [0.15, 0.2) is 17.5 Å². The number of amides is 2. The van der Waals surface area contributed by atoms with Crippen LogP contribution >= 0.6 is 23.2 Å². The van der Waals surface area contributed by atoms with Crippen molar-refractivity contribution in [2.45, 2.75) is 50.1 Å². The average molecular weight is 1040 g/mol. The number of nitrogen functional groups attached to an aromatic ring is 1. The van der Waals surface area contributed by atoms with Crippen molar-refractivity contribution in [3.63, 3.8) is 0 Å². The number of aliphatic hydroxyl groups is 2. The lowest BCUT2D eigenvalue weighted by atomic mass is 10.1. The number of hydrogen-bond donors (Lipinski definition) is 5. The molecule has 0 aliphatic carbocycles. The second-order valence-electron chi connectivity index (χ2n) is 16.6. The van der Waals surface area contributed by atoms with Crippen LogP contribution in [0.5, 0.6) is 11.8 Å². The first-order chi connectivity index (χ1) is 34.5. The molecule has 2 atom stereocenters. The number of pyridine rings is 2. The second kappa shape index (κ2) is 22.2. The normalized spacial score (nSPS) is 16.3. The van der Waals surface area contributed by atoms with E-state index in [2.05, 4.69) is 45.4 Å². The van der Waals surface area contributed by atoms with Crippen LogP contribution in [0.15, 0.2) is 85.5 Å². The van der Waals surface area contributed by atoms with E-state index in [1.165, 1.54) is 47.9 Å². The first-order valence-electron chi connectivity index (χ1n) is 22.5. The molecule has 6 N–H and O–H groups in total. The average Bonchev–Trinajstić information content (AvgIpc) is 3.96. The molecule has 380 valence electrons. The first kappa shape index (κ1) is 51.4. The van der Waals surface area contributed by atoms with Crippen molar-refractivity contribution >= 4 is 63.9 Å². The van der Waals surface area contributed by atoms with Gasteiger partial charge in [-0.1, -0.05) is 47.5 Å². The second-order valence-corrected chi connectivity index (χ2v) is 17.5. The zero-order valence-corrected chi connectivity index (χ0v) is 39.5. The smallest absolute Gasteiger partial charge is 0.416 e. The Morgan fingerprint density at radius 1 is 0.736 bits per heavy atom. The van der Waals surface area contributed by atoms with E-state index in [1.807, 2.05) is 4.90 Å². The highest BCUT2D eigenvalue weighted by Gasteiger charge is 2.41. The Bertz CT molecular complexity index is 2890. The van der Waals surface area contributed by atoms with Crippen molar-refractivity contribution in [3.8, 4) is 34.3 Å². The van der Waals surface area contributed by atoms with Crippen LogP contribution in [0.2, 0.25) is 10.0 Å². The number of anilines is 6. The minimum atomic E-state index is -4.52. The highest BCUT2D eigenvalue weighted by molar-refractivity contribution is 6.34. The molecule has 17 nitrogen and oxygen atoms in total. The van der Waals surface area contributed by atoms with Crippen LogP contribution < -0.4 is 40.5 Å². The van der Waals surface area contributed by atoms with Gasteiger partial charge < -0.3 is 40.5 Å². The molecule has 2 fully saturated rings. The molecular formula is C47H46Cl2F6N12O5. The van der Waals surface area contributed by atoms with Crippen molar-refractivity contribution in [2.24, 2.45) is 0 Å². The van der Waals surface area contributed by atoms with Gasteiger partial charge >= 0.3 is 18.4 Å². The quantitative estimate of drug-likeness (QED) is 0.0606. The van der Waals surface area contributed by atoms with E-state index in [-0.39, 0.29) is 53.8 Å². The first-order valence-corrected chi connectivity index (χ1v) is 23.2. The van der Waals surface area contributed by atoms with Gasteiger partial charge in [0.05, 0.1) is 88.0 Å². The van der Waals surface area contributed by atoms with Gasteiger partial charge in [-0.15, -0.1) is 0 Å². The van der Waals surface area contributed by atoms with Crippen LogP contribution in [0.3, 0.4) is 0 Å². The molecule has 8 heterocycles. The van der Waals surface area contributed by atoms with Crippen molar-refractivity contribution in [1.29, 1.82) is 0 Å². The number of carbonyl (C=O) groups is 1. The number of halogens is 8. The van der Waals surface area contributed by atoms with Gasteiger partial charge in [-0.2, -0.15) is 36.3 Å². The predicted molar refractivity (Wildman–Crippen MR) is 259 cm³/mol. The molecule has 4 bridgehead atoms. The number of fused-ring (bicyclic) bond motifs is 8. The SMILES string of the molecule is FC(F)(F)c1cccc(-c2nc3c(cc2Cl)N2CC[C@@H](C2)N3)c1.Nc1cncc(OCCCO)n1.O=C(Nc1cncc(OCCCO)n1)N1c2nc(-c3cccc(C(F)(F)F)c3)c(Cl)cc2N2CC[C@H]1C2. The number of nitrogens with two attached hydrogens (primary N) is 1. The van der Waals surface area contributed by atoms with Crippen molar-refractivity contribution in [1.82, 2.24) is 29.9 Å². The summed E-state index contributed by atoms with van der Waals surface area (Å²) in [6.07, 6.45) is -0.533. The molecule has 2 saturated heterocycles. The lowest BCUT2D eigenvalue weighted by Gasteiger charge is -2.36. The van der Waals surface area contributed by atoms with Gasteiger partial charge in [0.2, 0.25) is 11.8 Å². The third kappa shape index (κ3) is 12.2. The molecule has 0 unspecified atom stereocenters. The maximum absolute atomic E-state index is 13.4. The van der Waals surface area contributed by atoms with Crippen LogP contribution in [0.25, 0.3) is 22.5 Å². The number of aliphatic hydroxyl groups excluding tert-OH is 2. The Labute approximate surface area is 418 Å². The molecular weight excluding hydrogens is 997 g/mol. The number of hydrogen-bond acceptors (Lipinski definition) is 15. The van der Waals surface area contributed by atoms with Gasteiger partial charge in [-0.3, -0.25) is 20.2 Å². The van der Waals surface area contributed by atoms with Gasteiger partial charge in [0.25, 0.3) is 0 Å². The highest BCUT2D eigenvalue weighted by atomic mass is 35.5. The van der Waals surface area contributed by atoms with E-state index in [1.54, 1.807) is 18.2 Å². The van der Waals surface area contributed by atoms with Crippen LogP contribution in [-0.4, -0.2) is 111 Å². The number of carbonyl (C=O) groups excluding carboxylic acids is 1. The molecule has 4 aliphatic rings. The van der Waals surface area contributed by atoms with E-state index in [0.717, 1.165) is 49.5 Å². The number of alkyl halides is 6. The maximum atomic E-state index is 13.4. The summed E-state index contributed by atoms with van der Waals surface area (Å²) in [7, 11) is 0. The Kier molecular flexibility index (Phi) is 15.9. The van der Waals surface area contributed by atoms with E-state index < -0.39 is 29.5 Å². The zero-order valence-electron chi connectivity index (χ0n) is 38.0. The number of benzene rings is 2. The maximum Gasteiger partial charge on any atom is 0.416 e. The van der Waals surface area contributed by atoms with Crippen LogP contribution in [0.4, 0.5) is 65.8 Å². The summed E-state index contributed by atoms with van der Waals surface area (Å²) in [5.74, 6) is 2.05. The standard InChI is InChI=1S/C24H22ClF3N6O3.C16H13ClF3N3.C7H11N3O2/c25-17-10-18-22(32-21(17)14-3-1-4-15(9-14)24(26,27)28)34(16-5-6-33(18)13-16)23(36)31-19-11-29-12-20(30-19)37-8-2-7-35;17-12-7-13-15(21-11-4-5-23(13)8-11)22-14(12)9-2-1-3-10(6-9)16(18,19)20;8-6-4-9-5-7(10-6)12-3-1-2-11/h1,3-4,9-12,16,35H,2,5-8,13H2,(H,30,31,36);1-3,6-7,11H,4-5,8H2,(H,21,22);4-5,11H,1-3H2,(H2,8,10)/t16-;11-;/m00./s1. The summed E-state index contributed by atoms with van der Waals surface area (Å²) in [5, 5.41) is 24.0. The molecule has 72 heavy (non-hydrogen) atoms. The van der Waals surface area contributed by atoms with Crippen LogP contribution in [0.1, 0.15) is 36.8 Å². The van der Waals surface area contributed by atoms with Gasteiger partial charge in [-0.05, 0) is 49.2 Å². The minimum Gasteiger partial charge on any atom is -0.476 e. The van der Waals surface area contributed by atoms with Crippen molar-refractivity contribution < 1.29 is 50.8 Å². The summed E-state index contributed by atoms with van der Waals surface area (Å²) in [6, 6.07) is 12.9. The highest BCUT2D eigenvalue weighted by Crippen LogP contribution is 2.45. The molecule has 4 aliphatic heterocycles. The number of rotatable bonds is 11. The summed E-state index contributed by atoms with van der Waals surface area (Å²) in [5.41, 5.74) is 6.44. The van der Waals surface area contributed by atoms with E-state index in [9.17, 15) is 31.1 Å². The third-order valence-corrected chi connectivity index (χ3v) is 12.2. The van der Waals surface area contributed by atoms with Crippen LogP contribution in [0, 0.1) is 0 Å². The molecule has 2 aromatic carbocycles. The van der Waals surface area contributed by atoms with Crippen LogP contribution in [-0.2, 0) is 12.4 Å². The van der Waals surface area contributed by atoms with E-state index >= 15 is 0 Å². The molecule has 4 aromatic heterocycles. The fraction of sp³-hybridized carbons (Fsp3) is 0.340. The summed E-state index contributed by atoms with van der Waals surface area (Å²) in [6.45, 7) is 3.83. The fourth-order valence-corrected chi connectivity index (χ4v) is 8.76. The molecule has 6 aromatic rings. The third-order valence-electron chi connectivity index (χ3n) is 11.6. The lowest BCUT2D eigenvalue weighted by Crippen LogP contribution is -2.48. The van der Waals surface area contributed by atoms with Gasteiger partial charge in [-0.25, -0.2) is 14.8 Å². The predicted octanol–water partition coefficient (Wildman–Crippen LogP) is 8.85. The number of aromatic nitrogens is 6. The number of nitrogens with zero attached hydrogens (tertiary/aromatic N) is 9. The molecule has 2 amide bonds. The molecule has 0 radical (unpaired) electrons. The fourth-order valence-electron chi connectivity index (χ4n) is 8.26. The number of nitrogens with one attached hydrogen (secondary N) is 2. The molecule has 10 rings (SSSR count). The van der Waals surface area contributed by atoms with Gasteiger partial charge in [0, 0.05) is 69.4 Å². The zero-order chi connectivity index (χ0) is 51.2. The molecule has 0 spiro atoms. The lowest BCUT2D eigenvalue weighted by molar-refractivity contribution is -0.138. The van der Waals surface area contributed by atoms with Gasteiger partial charge in [0.1, 0.15) is 5.82 Å². The summed E-state index contributed by atoms with van der Waals surface area (Å²) >= 11 is 12.8. The van der Waals surface area contributed by atoms with E-state index in [4.69, 9.17) is 48.6 Å². The monoisotopic (exact) mass is 1040 g/mol. The summed E-state index contributed by atoms with van der Waals surface area (Å²) < 4.78 is 89.1. The van der Waals surface area contributed by atoms with E-state index in [0.29, 0.717) is 90.3 Å². The largest absolute Gasteiger partial charge is 0.476 e. The Morgan fingerprint density at radius 2 is 1.31 bits per heavy atom. The minimum absolute atomic E-state index is 0.0316.